The second kappa shape index (κ2) is 8.89. The first-order valence-electron chi connectivity index (χ1n) is 8.89. The van der Waals surface area contributed by atoms with E-state index in [2.05, 4.69) is 9.69 Å². The number of halogens is 1. The molecule has 0 fully saturated rings. The van der Waals surface area contributed by atoms with Gasteiger partial charge in [-0.1, -0.05) is 12.1 Å². The Labute approximate surface area is 176 Å². The molecule has 0 bridgehead atoms. The molecule has 1 heterocycles. The Morgan fingerprint density at radius 2 is 2.03 bits per heavy atom. The number of aryl methyl sites for hydroxylation is 1. The van der Waals surface area contributed by atoms with Crippen molar-refractivity contribution >= 4 is 40.1 Å². The van der Waals surface area contributed by atoms with Gasteiger partial charge < -0.3 is 21.0 Å². The lowest BCUT2D eigenvalue weighted by molar-refractivity contribution is -0.109. The molecule has 0 aliphatic carbocycles. The van der Waals surface area contributed by atoms with Crippen LogP contribution in [-0.4, -0.2) is 27.7 Å². The summed E-state index contributed by atoms with van der Waals surface area (Å²) in [5.74, 6) is 4.56. The van der Waals surface area contributed by atoms with Gasteiger partial charge in [-0.3, -0.25) is 9.80 Å². The number of primary amides is 1. The molecule has 3 rings (SSSR count). The van der Waals surface area contributed by atoms with E-state index in [0.717, 1.165) is 22.3 Å². The lowest BCUT2D eigenvalue weighted by Crippen LogP contribution is -2.44. The second-order valence-corrected chi connectivity index (χ2v) is 7.46. The number of anilines is 3. The van der Waals surface area contributed by atoms with Crippen molar-refractivity contribution in [2.45, 2.75) is 19.4 Å². The average Bonchev–Trinajstić information content (AvgIpc) is 3.12. The van der Waals surface area contributed by atoms with Gasteiger partial charge in [-0.05, 0) is 54.4 Å². The number of phenolic OH excluding ortho intramolecular Hbond substituents is 1. The number of aldehydes is 1. The van der Waals surface area contributed by atoms with Crippen LogP contribution in [0, 0.1) is 12.7 Å². The minimum Gasteiger partial charge on any atom is -0.508 e. The molecule has 30 heavy (non-hydrogen) atoms. The van der Waals surface area contributed by atoms with Gasteiger partial charge in [-0.15, -0.1) is 0 Å². The molecule has 156 valence electrons. The molecule has 0 radical (unpaired) electrons. The Morgan fingerprint density at radius 3 is 2.60 bits per heavy atom. The molecule has 0 saturated carbocycles. The lowest BCUT2D eigenvalue weighted by Gasteiger charge is -2.26. The maximum absolute atomic E-state index is 14.8. The number of rotatable bonds is 8. The predicted octanol–water partition coefficient (Wildman–Crippen LogP) is 2.63. The third kappa shape index (κ3) is 4.73. The number of carbonyl (C=O) groups excluding carboxylic acids is 2. The minimum absolute atomic E-state index is 0.0584. The Hall–Kier alpha value is -3.50. The number of nitrogens with one attached hydrogen (secondary N) is 1. The predicted molar refractivity (Wildman–Crippen MR) is 113 cm³/mol. The van der Waals surface area contributed by atoms with Crippen LogP contribution in [0.5, 0.6) is 5.75 Å². The number of carbonyl (C=O) groups is 2. The van der Waals surface area contributed by atoms with Crippen LogP contribution in [0.25, 0.3) is 0 Å². The number of phenols is 1. The number of aromatic hydroxyl groups is 1. The number of amides is 1. The van der Waals surface area contributed by atoms with Crippen LogP contribution in [0.1, 0.15) is 21.6 Å². The molecule has 3 aromatic rings. The molecule has 0 aliphatic heterocycles. The number of aromatic nitrogens is 1. The zero-order valence-corrected chi connectivity index (χ0v) is 16.8. The van der Waals surface area contributed by atoms with Crippen LogP contribution in [0.15, 0.2) is 42.5 Å². The standard InChI is InChI=1S/C20H20FN5O3S/c1-11-6-19(30-25-11)24-17-9-18(16(21)8-15(17)20(22)29)26(23)13(10-27)7-12-2-4-14(28)5-3-12/h2-6,8-10,13,24,28H,7,23H2,1H3,(H2,22,29)/t13-/m1/s1. The highest BCUT2D eigenvalue weighted by molar-refractivity contribution is 7.10. The van der Waals surface area contributed by atoms with Gasteiger partial charge in [0.25, 0.3) is 5.91 Å². The first-order valence-corrected chi connectivity index (χ1v) is 9.66. The van der Waals surface area contributed by atoms with E-state index in [0.29, 0.717) is 11.3 Å². The van der Waals surface area contributed by atoms with Gasteiger partial charge in [-0.25, -0.2) is 10.2 Å². The second-order valence-electron chi connectivity index (χ2n) is 6.65. The number of hydrogen-bond acceptors (Lipinski definition) is 8. The first kappa shape index (κ1) is 21.2. The third-order valence-electron chi connectivity index (χ3n) is 4.41. The zero-order chi connectivity index (χ0) is 21.8. The van der Waals surface area contributed by atoms with E-state index in [4.69, 9.17) is 11.6 Å². The van der Waals surface area contributed by atoms with Crippen molar-refractivity contribution in [1.82, 2.24) is 4.37 Å². The summed E-state index contributed by atoms with van der Waals surface area (Å²) < 4.78 is 18.9. The maximum Gasteiger partial charge on any atom is 0.250 e. The average molecular weight is 429 g/mol. The summed E-state index contributed by atoms with van der Waals surface area (Å²) in [4.78, 5) is 23.5. The summed E-state index contributed by atoms with van der Waals surface area (Å²) >= 11 is 1.17. The van der Waals surface area contributed by atoms with Gasteiger partial charge in [0.15, 0.2) is 0 Å². The van der Waals surface area contributed by atoms with Crippen molar-refractivity contribution in [2.24, 2.45) is 11.6 Å². The van der Waals surface area contributed by atoms with Crippen LogP contribution < -0.4 is 21.9 Å². The molecule has 0 unspecified atom stereocenters. The van der Waals surface area contributed by atoms with Crippen molar-refractivity contribution in [3.8, 4) is 5.75 Å². The van der Waals surface area contributed by atoms with E-state index in [1.165, 1.54) is 29.7 Å². The van der Waals surface area contributed by atoms with E-state index in [9.17, 15) is 19.1 Å². The summed E-state index contributed by atoms with van der Waals surface area (Å²) in [5.41, 5.74) is 7.00. The minimum atomic E-state index is -0.887. The van der Waals surface area contributed by atoms with Crippen LogP contribution in [-0.2, 0) is 11.2 Å². The fraction of sp³-hybridized carbons (Fsp3) is 0.150. The van der Waals surface area contributed by atoms with Crippen molar-refractivity contribution in [2.75, 3.05) is 10.3 Å². The molecular weight excluding hydrogens is 409 g/mol. The van der Waals surface area contributed by atoms with Gasteiger partial charge >= 0.3 is 0 Å². The molecule has 0 aliphatic rings. The topological polar surface area (TPSA) is 135 Å². The molecule has 0 saturated heterocycles. The van der Waals surface area contributed by atoms with Crippen LogP contribution >= 0.6 is 11.5 Å². The Bertz CT molecular complexity index is 1070. The van der Waals surface area contributed by atoms with Gasteiger partial charge in [-0.2, -0.15) is 4.37 Å². The van der Waals surface area contributed by atoms with Crippen LogP contribution in [0.3, 0.4) is 0 Å². The SMILES string of the molecule is Cc1cc(Nc2cc(N(N)[C@@H](C=O)Cc3ccc(O)cc3)c(F)cc2C(N)=O)sn1. The van der Waals surface area contributed by atoms with E-state index in [-0.39, 0.29) is 29.1 Å². The molecule has 6 N–H and O–H groups in total. The number of benzene rings is 2. The maximum atomic E-state index is 14.8. The van der Waals surface area contributed by atoms with Gasteiger partial charge in [0.1, 0.15) is 28.9 Å². The molecule has 0 spiro atoms. The number of nitrogens with zero attached hydrogens (tertiary/aromatic N) is 2. The van der Waals surface area contributed by atoms with Gasteiger partial charge in [0.05, 0.1) is 22.6 Å². The van der Waals surface area contributed by atoms with E-state index < -0.39 is 17.8 Å². The number of hydrogen-bond donors (Lipinski definition) is 4. The van der Waals surface area contributed by atoms with Crippen LogP contribution in [0.2, 0.25) is 0 Å². The molecule has 2 aromatic carbocycles. The van der Waals surface area contributed by atoms with E-state index in [1.807, 2.05) is 6.92 Å². The quantitative estimate of drug-likeness (QED) is 0.246. The molecule has 1 aromatic heterocycles. The Kier molecular flexibility index (Phi) is 6.28. The number of nitrogens with two attached hydrogens (primary N) is 2. The van der Waals surface area contributed by atoms with Gasteiger partial charge in [0, 0.05) is 6.42 Å². The summed E-state index contributed by atoms with van der Waals surface area (Å²) in [6, 6.07) is 9.45. The van der Waals surface area contributed by atoms with Crippen molar-refractivity contribution in [1.29, 1.82) is 0 Å². The normalized spacial score (nSPS) is 11.7. The third-order valence-corrected chi connectivity index (χ3v) is 5.21. The highest BCUT2D eigenvalue weighted by Gasteiger charge is 2.22. The van der Waals surface area contributed by atoms with E-state index in [1.54, 1.807) is 18.2 Å². The molecule has 1 amide bonds. The molecule has 1 atom stereocenters. The fourth-order valence-corrected chi connectivity index (χ4v) is 3.56. The highest BCUT2D eigenvalue weighted by Crippen LogP contribution is 2.31. The monoisotopic (exact) mass is 429 g/mol. The summed E-state index contributed by atoms with van der Waals surface area (Å²) in [5, 5.41) is 14.0. The van der Waals surface area contributed by atoms with Gasteiger partial charge in [0.2, 0.25) is 0 Å². The van der Waals surface area contributed by atoms with Crippen molar-refractivity contribution < 1.29 is 19.1 Å². The molecular formula is C20H20FN5O3S. The summed E-state index contributed by atoms with van der Waals surface area (Å²) in [6.07, 6.45) is 0.794. The summed E-state index contributed by atoms with van der Waals surface area (Å²) in [7, 11) is 0. The molecule has 10 heteroatoms. The zero-order valence-electron chi connectivity index (χ0n) is 16.0. The Balaban J connectivity index is 1.94. The Morgan fingerprint density at radius 1 is 1.33 bits per heavy atom. The smallest absolute Gasteiger partial charge is 0.250 e. The van der Waals surface area contributed by atoms with Crippen LogP contribution in [0.4, 0.5) is 20.8 Å². The highest BCUT2D eigenvalue weighted by atomic mass is 32.1. The van der Waals surface area contributed by atoms with Crippen molar-refractivity contribution in [3.63, 3.8) is 0 Å². The molecule has 8 nitrogen and oxygen atoms in total. The lowest BCUT2D eigenvalue weighted by atomic mass is 10.0. The van der Waals surface area contributed by atoms with E-state index >= 15 is 0 Å². The largest absolute Gasteiger partial charge is 0.508 e. The first-order chi connectivity index (χ1) is 14.3. The van der Waals surface area contributed by atoms with Crippen molar-refractivity contribution in [3.05, 3.63) is 65.1 Å². The number of hydrazine groups is 1. The summed E-state index contributed by atoms with van der Waals surface area (Å²) in [6.45, 7) is 1.81. The fourth-order valence-electron chi connectivity index (χ4n) is 2.89.